The molecule has 2 aliphatic heterocycles. The molecule has 2 saturated heterocycles. The Balaban J connectivity index is 0.00000103. The van der Waals surface area contributed by atoms with E-state index in [9.17, 15) is 18.0 Å². The minimum Gasteiger partial charge on any atom is -0.483 e. The Morgan fingerprint density at radius 2 is 1.85 bits per heavy atom. The van der Waals surface area contributed by atoms with Gasteiger partial charge in [0.25, 0.3) is 6.47 Å². The predicted molar refractivity (Wildman–Crippen MR) is 126 cm³/mol. The van der Waals surface area contributed by atoms with Crippen molar-refractivity contribution in [1.29, 1.82) is 0 Å². The first-order chi connectivity index (χ1) is 16.2. The van der Waals surface area contributed by atoms with E-state index in [0.717, 1.165) is 23.6 Å². The van der Waals surface area contributed by atoms with Crippen molar-refractivity contribution in [3.05, 3.63) is 42.5 Å². The molecule has 2 amide bonds. The molecule has 0 unspecified atom stereocenters. The number of amides is 2. The van der Waals surface area contributed by atoms with Crippen LogP contribution in [0.3, 0.4) is 0 Å². The van der Waals surface area contributed by atoms with E-state index >= 15 is 0 Å². The second kappa shape index (κ2) is 10.9. The molecule has 2 heterocycles. The number of carbonyl (C=O) groups is 3. The van der Waals surface area contributed by atoms with Gasteiger partial charge in [-0.3, -0.25) is 14.4 Å². The summed E-state index contributed by atoms with van der Waals surface area (Å²) in [6, 6.07) is 10.8. The minimum atomic E-state index is -3.87. The molecular formula is C23H30N4O6S. The topological polar surface area (TPSA) is 150 Å². The maximum Gasteiger partial charge on any atom is 0.290 e. The number of fused-ring (bicyclic) bond motifs is 1. The minimum absolute atomic E-state index is 0.0410. The number of carboxylic acid groups (broad SMARTS) is 1. The lowest BCUT2D eigenvalue weighted by atomic mass is 10.1. The number of carbonyl (C=O) groups excluding carboxylic acids is 2. The fraction of sp³-hybridized carbons (Fsp3) is 0.435. The lowest BCUT2D eigenvalue weighted by Gasteiger charge is -2.35. The van der Waals surface area contributed by atoms with Gasteiger partial charge in [0.2, 0.25) is 21.8 Å². The van der Waals surface area contributed by atoms with Gasteiger partial charge in [-0.2, -0.15) is 4.72 Å². The van der Waals surface area contributed by atoms with Gasteiger partial charge in [0.05, 0.1) is 4.90 Å². The number of hydrogen-bond donors (Lipinski definition) is 3. The molecule has 0 bridgehead atoms. The Kier molecular flexibility index (Phi) is 8.24. The molecule has 3 atom stereocenters. The fourth-order valence-electron chi connectivity index (χ4n) is 4.39. The van der Waals surface area contributed by atoms with E-state index in [1.807, 2.05) is 24.3 Å². The molecule has 0 radical (unpaired) electrons. The average Bonchev–Trinajstić information content (AvgIpc) is 3.17. The van der Waals surface area contributed by atoms with Crippen LogP contribution in [0.5, 0.6) is 0 Å². The number of benzene rings is 2. The van der Waals surface area contributed by atoms with E-state index in [0.29, 0.717) is 26.1 Å². The first-order valence-electron chi connectivity index (χ1n) is 11.1. The molecule has 0 aromatic heterocycles. The molecule has 34 heavy (non-hydrogen) atoms. The molecule has 0 spiro atoms. The summed E-state index contributed by atoms with van der Waals surface area (Å²) in [6.45, 7) is 2.90. The van der Waals surface area contributed by atoms with E-state index < -0.39 is 22.1 Å². The highest BCUT2D eigenvalue weighted by atomic mass is 32.2. The van der Waals surface area contributed by atoms with Crippen LogP contribution in [0.4, 0.5) is 0 Å². The van der Waals surface area contributed by atoms with E-state index in [1.165, 1.54) is 11.0 Å². The largest absolute Gasteiger partial charge is 0.483 e. The number of rotatable bonds is 5. The Morgan fingerprint density at radius 3 is 2.53 bits per heavy atom. The summed E-state index contributed by atoms with van der Waals surface area (Å²) in [5, 5.41) is 8.64. The summed E-state index contributed by atoms with van der Waals surface area (Å²) >= 11 is 0. The standard InChI is InChI=1S/C22H28N4O4S.CH2O2/c1-15(21(27)25-11-4-7-18(23)14-25)26-12-10-20(22(26)28)24-31(29,30)19-9-8-16-5-2-3-6-17(16)13-19;2-1-3/h2-3,5-6,8-9,13,15,18,20,24H,4,7,10-12,14,23H2,1H3;1H,(H,2,3)/t15-,18-,20-;/m0./s1. The van der Waals surface area contributed by atoms with Crippen LogP contribution in [-0.4, -0.2) is 79.4 Å². The Hall–Kier alpha value is -3.02. The molecule has 2 aromatic carbocycles. The maximum atomic E-state index is 12.9. The first-order valence-corrected chi connectivity index (χ1v) is 12.6. The second-order valence-electron chi connectivity index (χ2n) is 8.47. The Morgan fingerprint density at radius 1 is 1.18 bits per heavy atom. The number of likely N-dealkylation sites (tertiary alicyclic amines) is 2. The lowest BCUT2D eigenvalue weighted by Crippen LogP contribution is -2.54. The van der Waals surface area contributed by atoms with E-state index in [4.69, 9.17) is 15.6 Å². The summed E-state index contributed by atoms with van der Waals surface area (Å²) in [7, 11) is -3.87. The number of nitrogens with two attached hydrogens (primary N) is 1. The predicted octanol–water partition coefficient (Wildman–Crippen LogP) is 0.758. The number of sulfonamides is 1. The third kappa shape index (κ3) is 5.72. The summed E-state index contributed by atoms with van der Waals surface area (Å²) < 4.78 is 28.3. The van der Waals surface area contributed by atoms with E-state index in [2.05, 4.69) is 4.72 Å². The van der Waals surface area contributed by atoms with Crippen molar-refractivity contribution in [2.45, 2.75) is 49.2 Å². The van der Waals surface area contributed by atoms with Crippen LogP contribution < -0.4 is 10.5 Å². The summed E-state index contributed by atoms with van der Waals surface area (Å²) in [6.07, 6.45) is 2.06. The SMILES string of the molecule is C[C@@H](C(=O)N1CCC[C@H](N)C1)N1CC[C@H](NS(=O)(=O)c2ccc3ccccc3c2)C1=O.O=CO. The smallest absolute Gasteiger partial charge is 0.290 e. The monoisotopic (exact) mass is 490 g/mol. The first kappa shape index (κ1) is 25.6. The van der Waals surface area contributed by atoms with Crippen molar-refractivity contribution >= 4 is 39.1 Å². The van der Waals surface area contributed by atoms with Gasteiger partial charge < -0.3 is 20.6 Å². The van der Waals surface area contributed by atoms with Gasteiger partial charge >= 0.3 is 0 Å². The van der Waals surface area contributed by atoms with Gasteiger partial charge in [-0.1, -0.05) is 30.3 Å². The zero-order valence-corrected chi connectivity index (χ0v) is 19.8. The van der Waals surface area contributed by atoms with Crippen LogP contribution in [0.1, 0.15) is 26.2 Å². The highest BCUT2D eigenvalue weighted by molar-refractivity contribution is 7.89. The summed E-state index contributed by atoms with van der Waals surface area (Å²) in [5.41, 5.74) is 5.97. The van der Waals surface area contributed by atoms with Gasteiger partial charge in [-0.25, -0.2) is 8.42 Å². The zero-order chi connectivity index (χ0) is 24.9. The van der Waals surface area contributed by atoms with E-state index in [1.54, 1.807) is 24.0 Å². The molecule has 2 aliphatic rings. The van der Waals surface area contributed by atoms with Crippen molar-refractivity contribution in [3.63, 3.8) is 0 Å². The van der Waals surface area contributed by atoms with Crippen molar-refractivity contribution in [1.82, 2.24) is 14.5 Å². The van der Waals surface area contributed by atoms with Gasteiger partial charge in [-0.15, -0.1) is 0 Å². The van der Waals surface area contributed by atoms with Crippen LogP contribution in [-0.2, 0) is 24.4 Å². The fourth-order valence-corrected chi connectivity index (χ4v) is 5.65. The van der Waals surface area contributed by atoms with Crippen molar-refractivity contribution in [2.75, 3.05) is 19.6 Å². The highest BCUT2D eigenvalue weighted by Crippen LogP contribution is 2.22. The third-order valence-electron chi connectivity index (χ3n) is 6.16. The Bertz CT molecular complexity index is 1160. The van der Waals surface area contributed by atoms with Gasteiger partial charge in [0, 0.05) is 25.7 Å². The molecule has 184 valence electrons. The highest BCUT2D eigenvalue weighted by Gasteiger charge is 2.40. The number of piperidine rings is 1. The molecule has 2 aromatic rings. The van der Waals surface area contributed by atoms with Crippen molar-refractivity contribution in [3.8, 4) is 0 Å². The molecule has 11 heteroatoms. The zero-order valence-electron chi connectivity index (χ0n) is 19.0. The van der Waals surface area contributed by atoms with Crippen LogP contribution in [0.15, 0.2) is 47.4 Å². The molecule has 2 fully saturated rings. The second-order valence-corrected chi connectivity index (χ2v) is 10.2. The van der Waals surface area contributed by atoms with Crippen LogP contribution in [0.2, 0.25) is 0 Å². The normalized spacial score (nSPS) is 21.6. The van der Waals surface area contributed by atoms with Gasteiger partial charge in [0.15, 0.2) is 0 Å². The molecule has 4 N–H and O–H groups in total. The van der Waals surface area contributed by atoms with Crippen LogP contribution in [0, 0.1) is 0 Å². The van der Waals surface area contributed by atoms with Crippen LogP contribution in [0.25, 0.3) is 10.8 Å². The van der Waals surface area contributed by atoms with Crippen LogP contribution >= 0.6 is 0 Å². The van der Waals surface area contributed by atoms with E-state index in [-0.39, 0.29) is 29.2 Å². The quantitative estimate of drug-likeness (QED) is 0.524. The summed E-state index contributed by atoms with van der Waals surface area (Å²) in [4.78, 5) is 37.4. The van der Waals surface area contributed by atoms with Crippen molar-refractivity contribution < 1.29 is 27.9 Å². The molecule has 0 aliphatic carbocycles. The lowest BCUT2D eigenvalue weighted by molar-refractivity contribution is -0.144. The molecule has 0 saturated carbocycles. The third-order valence-corrected chi connectivity index (χ3v) is 7.63. The Labute approximate surface area is 198 Å². The van der Waals surface area contributed by atoms with Crippen molar-refractivity contribution in [2.24, 2.45) is 5.73 Å². The maximum absolute atomic E-state index is 12.9. The average molecular weight is 491 g/mol. The van der Waals surface area contributed by atoms with Gasteiger partial charge in [0.1, 0.15) is 12.1 Å². The van der Waals surface area contributed by atoms with Gasteiger partial charge in [-0.05, 0) is 49.1 Å². The number of nitrogens with zero attached hydrogens (tertiary/aromatic N) is 2. The molecule has 4 rings (SSSR count). The molecule has 10 nitrogen and oxygen atoms in total. The number of nitrogens with one attached hydrogen (secondary N) is 1. The number of hydrogen-bond acceptors (Lipinski definition) is 6. The molecular weight excluding hydrogens is 460 g/mol. The summed E-state index contributed by atoms with van der Waals surface area (Å²) in [5.74, 6) is -0.506.